The lowest BCUT2D eigenvalue weighted by atomic mass is 10.0. The number of rotatable bonds is 0. The van der Waals surface area contributed by atoms with Crippen LogP contribution in [-0.4, -0.2) is 0 Å². The van der Waals surface area contributed by atoms with Gasteiger partial charge in [-0.2, -0.15) is 0 Å². The molecule has 0 nitrogen and oxygen atoms in total. The van der Waals surface area contributed by atoms with Crippen LogP contribution in [0.25, 0.3) is 0 Å². The van der Waals surface area contributed by atoms with Crippen molar-refractivity contribution in [2.45, 2.75) is 98.3 Å². The molecule has 2 rings (SSSR count). The van der Waals surface area contributed by atoms with Gasteiger partial charge in [-0.05, 0) is 0 Å². The molecule has 0 heterocycles. The maximum atomic E-state index is 2.00. The molecular weight excluding hydrogens is 180 g/mol. The van der Waals surface area contributed by atoms with Crippen LogP contribution in [0.1, 0.15) is 98.3 Å². The van der Waals surface area contributed by atoms with Gasteiger partial charge in [0.1, 0.15) is 0 Å². The van der Waals surface area contributed by atoms with E-state index in [0.29, 0.717) is 0 Å². The largest absolute Gasteiger partial charge is 0.0683 e. The lowest BCUT2D eigenvalue weighted by Crippen LogP contribution is -1.85. The Balaban J connectivity index is 0. The molecule has 0 aromatic carbocycles. The normalized spacial score (nSPS) is 18.4. The van der Waals surface area contributed by atoms with Crippen LogP contribution in [0.2, 0.25) is 0 Å². The molecule has 0 aromatic heterocycles. The fraction of sp³-hybridized carbons (Fsp3) is 1.00. The van der Waals surface area contributed by atoms with Crippen molar-refractivity contribution in [1.29, 1.82) is 0 Å². The van der Waals surface area contributed by atoms with E-state index in [0.717, 1.165) is 0 Å². The average Bonchev–Trinajstić information content (AvgIpc) is 2.95. The van der Waals surface area contributed by atoms with Gasteiger partial charge in [-0.3, -0.25) is 0 Å². The van der Waals surface area contributed by atoms with E-state index >= 15 is 0 Å². The van der Waals surface area contributed by atoms with Crippen LogP contribution in [0.15, 0.2) is 0 Å². The second kappa shape index (κ2) is 19.6. The highest BCUT2D eigenvalue weighted by Gasteiger charge is 1.95. The monoisotopic (exact) mass is 214 g/mol. The Morgan fingerprint density at radius 1 is 0.267 bits per heavy atom. The summed E-state index contributed by atoms with van der Waals surface area (Å²) < 4.78 is 0. The van der Waals surface area contributed by atoms with Crippen molar-refractivity contribution in [2.75, 3.05) is 0 Å². The van der Waals surface area contributed by atoms with Gasteiger partial charge in [-0.25, -0.2) is 0 Å². The predicted octanol–water partition coefficient (Wildman–Crippen LogP) is 6.34. The van der Waals surface area contributed by atoms with Crippen molar-refractivity contribution >= 4 is 0 Å². The summed E-state index contributed by atoms with van der Waals surface area (Å²) in [6.07, 6.45) is 16.5. The van der Waals surface area contributed by atoms with Crippen molar-refractivity contribution in [2.24, 2.45) is 0 Å². The van der Waals surface area contributed by atoms with E-state index in [2.05, 4.69) is 0 Å². The van der Waals surface area contributed by atoms with Crippen molar-refractivity contribution in [3.8, 4) is 0 Å². The molecule has 2 saturated carbocycles. The molecule has 0 heteroatoms. The first-order valence-corrected chi connectivity index (χ1v) is 7.50. The lowest BCUT2D eigenvalue weighted by molar-refractivity contribution is 0.504. The molecule has 0 bridgehead atoms. The minimum Gasteiger partial charge on any atom is -0.0683 e. The first-order chi connectivity index (χ1) is 7.50. The van der Waals surface area contributed by atoms with Crippen LogP contribution in [0.4, 0.5) is 0 Å². The number of hydrogen-bond donors (Lipinski definition) is 0. The van der Waals surface area contributed by atoms with Crippen molar-refractivity contribution in [1.82, 2.24) is 0 Å². The highest BCUT2D eigenvalue weighted by atomic mass is 14.0. The Bertz CT molecular complexity index is 49.0. The molecular formula is C15H34. The highest BCUT2D eigenvalue weighted by Crippen LogP contribution is 2.15. The third kappa shape index (κ3) is 16.7. The van der Waals surface area contributed by atoms with E-state index < -0.39 is 0 Å². The minimum absolute atomic E-state index is 1.50. The molecule has 2 aliphatic carbocycles. The third-order valence-electron chi connectivity index (χ3n) is 2.75. The first-order valence-electron chi connectivity index (χ1n) is 7.50. The van der Waals surface area contributed by atoms with Crippen LogP contribution in [0.5, 0.6) is 0 Å². The van der Waals surface area contributed by atoms with E-state index in [9.17, 15) is 0 Å². The third-order valence-corrected chi connectivity index (χ3v) is 2.75. The quantitative estimate of drug-likeness (QED) is 0.441. The van der Waals surface area contributed by atoms with Crippen molar-refractivity contribution in [3.63, 3.8) is 0 Å². The van der Waals surface area contributed by atoms with Crippen LogP contribution in [-0.2, 0) is 0 Å². The maximum absolute atomic E-state index is 2.00. The Morgan fingerprint density at radius 2 is 0.333 bits per heavy atom. The molecule has 2 fully saturated rings. The molecule has 0 aliphatic heterocycles. The molecule has 0 atom stereocenters. The highest BCUT2D eigenvalue weighted by molar-refractivity contribution is 4.51. The molecule has 0 unspecified atom stereocenters. The summed E-state index contributed by atoms with van der Waals surface area (Å²) in [4.78, 5) is 0. The Hall–Kier alpha value is 0. The SMILES string of the molecule is C1CCCC1.C1CCCCC1.CC.CC. The molecule has 0 saturated heterocycles. The van der Waals surface area contributed by atoms with Gasteiger partial charge in [0.15, 0.2) is 0 Å². The van der Waals surface area contributed by atoms with Crippen LogP contribution >= 0.6 is 0 Å². The average molecular weight is 214 g/mol. The second-order valence-electron chi connectivity index (χ2n) is 3.89. The molecule has 15 heavy (non-hydrogen) atoms. The Kier molecular flexibility index (Phi) is 22.7. The smallest absolute Gasteiger partial charge is 0.0533 e. The Morgan fingerprint density at radius 3 is 0.400 bits per heavy atom. The van der Waals surface area contributed by atoms with Gasteiger partial charge in [0.05, 0.1) is 0 Å². The summed E-state index contributed by atoms with van der Waals surface area (Å²) in [5, 5.41) is 0. The summed E-state index contributed by atoms with van der Waals surface area (Å²) in [7, 11) is 0. The molecule has 0 aromatic rings. The van der Waals surface area contributed by atoms with Gasteiger partial charge in [0, 0.05) is 0 Å². The van der Waals surface area contributed by atoms with E-state index in [1.165, 1.54) is 70.6 Å². The van der Waals surface area contributed by atoms with Crippen LogP contribution < -0.4 is 0 Å². The zero-order valence-electron chi connectivity index (χ0n) is 11.8. The zero-order chi connectivity index (χ0) is 11.8. The fourth-order valence-corrected chi connectivity index (χ4v) is 1.94. The molecule has 0 radical (unpaired) electrons. The van der Waals surface area contributed by atoms with Crippen molar-refractivity contribution < 1.29 is 0 Å². The second-order valence-corrected chi connectivity index (χ2v) is 3.89. The Labute approximate surface area is 98.9 Å². The lowest BCUT2D eigenvalue weighted by Gasteiger charge is -2.05. The summed E-state index contributed by atoms with van der Waals surface area (Å²) >= 11 is 0. The first kappa shape index (κ1) is 17.4. The molecule has 94 valence electrons. The van der Waals surface area contributed by atoms with Crippen LogP contribution in [0.3, 0.4) is 0 Å². The van der Waals surface area contributed by atoms with Gasteiger partial charge in [0.25, 0.3) is 0 Å². The summed E-state index contributed by atoms with van der Waals surface area (Å²) in [6, 6.07) is 0. The topological polar surface area (TPSA) is 0 Å². The summed E-state index contributed by atoms with van der Waals surface area (Å²) in [5.74, 6) is 0. The summed E-state index contributed by atoms with van der Waals surface area (Å²) in [5.41, 5.74) is 0. The fourth-order valence-electron chi connectivity index (χ4n) is 1.94. The molecule has 0 spiro atoms. The van der Waals surface area contributed by atoms with Gasteiger partial charge in [-0.1, -0.05) is 98.3 Å². The number of hydrogen-bond acceptors (Lipinski definition) is 0. The predicted molar refractivity (Wildman–Crippen MR) is 73.5 cm³/mol. The van der Waals surface area contributed by atoms with Gasteiger partial charge in [0.2, 0.25) is 0 Å². The molecule has 0 N–H and O–H groups in total. The summed E-state index contributed by atoms with van der Waals surface area (Å²) in [6.45, 7) is 8.00. The van der Waals surface area contributed by atoms with E-state index in [-0.39, 0.29) is 0 Å². The van der Waals surface area contributed by atoms with Crippen LogP contribution in [0, 0.1) is 0 Å². The molecule has 0 amide bonds. The van der Waals surface area contributed by atoms with E-state index in [4.69, 9.17) is 0 Å². The van der Waals surface area contributed by atoms with Gasteiger partial charge in [-0.15, -0.1) is 0 Å². The van der Waals surface area contributed by atoms with Crippen molar-refractivity contribution in [3.05, 3.63) is 0 Å². The maximum Gasteiger partial charge on any atom is -0.0533 e. The minimum atomic E-state index is 1.50. The molecule has 2 aliphatic rings. The van der Waals surface area contributed by atoms with Gasteiger partial charge >= 0.3 is 0 Å². The zero-order valence-corrected chi connectivity index (χ0v) is 11.8. The van der Waals surface area contributed by atoms with E-state index in [1.54, 1.807) is 0 Å². The van der Waals surface area contributed by atoms with Gasteiger partial charge < -0.3 is 0 Å². The standard InChI is InChI=1S/C6H12.C5H10.2C2H6/c1-2-4-6-5-3-1;1-2-4-5-3-1;2*1-2/h1-6H2;1-5H2;2*1-2H3. The van der Waals surface area contributed by atoms with E-state index in [1.807, 2.05) is 27.7 Å².